The number of hydroxylamine groups is 1. The van der Waals surface area contributed by atoms with E-state index in [4.69, 9.17) is 5.21 Å². The molecule has 0 unspecified atom stereocenters. The lowest BCUT2D eigenvalue weighted by atomic mass is 10.0. The Balaban J connectivity index is 1.32. The fraction of sp³-hybridized carbons (Fsp3) is 0.238. The Hall–Kier alpha value is -2.39. The normalized spacial score (nSPS) is 14.8. The van der Waals surface area contributed by atoms with Crippen LogP contribution in [0.5, 0.6) is 0 Å². The van der Waals surface area contributed by atoms with Crippen LogP contribution in [-0.4, -0.2) is 46.6 Å². The van der Waals surface area contributed by atoms with E-state index in [0.717, 1.165) is 31.3 Å². The lowest BCUT2D eigenvalue weighted by Gasteiger charge is -2.33. The van der Waals surface area contributed by atoms with Crippen LogP contribution in [0.4, 0.5) is 5.13 Å². The van der Waals surface area contributed by atoms with Crippen LogP contribution in [0.25, 0.3) is 11.1 Å². The van der Waals surface area contributed by atoms with Crippen molar-refractivity contribution in [3.63, 3.8) is 0 Å². The fourth-order valence-electron chi connectivity index (χ4n) is 3.22. The highest BCUT2D eigenvalue weighted by molar-refractivity contribution is 7.97. The molecule has 8 heteroatoms. The molecule has 3 aromatic rings. The van der Waals surface area contributed by atoms with Gasteiger partial charge in [0.25, 0.3) is 5.91 Å². The van der Waals surface area contributed by atoms with Gasteiger partial charge < -0.3 is 4.90 Å². The van der Waals surface area contributed by atoms with Crippen LogP contribution in [0, 0.1) is 6.92 Å². The first-order valence-electron chi connectivity index (χ1n) is 9.37. The monoisotopic (exact) mass is 426 g/mol. The minimum absolute atomic E-state index is 0.410. The first-order valence-corrected chi connectivity index (χ1v) is 11.0. The van der Waals surface area contributed by atoms with Gasteiger partial charge in [0.05, 0.1) is 6.20 Å². The van der Waals surface area contributed by atoms with Crippen molar-refractivity contribution in [1.29, 1.82) is 0 Å². The van der Waals surface area contributed by atoms with Crippen molar-refractivity contribution in [2.24, 2.45) is 0 Å². The van der Waals surface area contributed by atoms with Gasteiger partial charge in [-0.1, -0.05) is 53.3 Å². The maximum absolute atomic E-state index is 11.5. The van der Waals surface area contributed by atoms with Crippen LogP contribution in [0.2, 0.25) is 0 Å². The van der Waals surface area contributed by atoms with E-state index in [1.807, 2.05) is 0 Å². The third-order valence-electron chi connectivity index (χ3n) is 4.77. The topological polar surface area (TPSA) is 68.7 Å². The highest BCUT2D eigenvalue weighted by atomic mass is 32.2. The van der Waals surface area contributed by atoms with Crippen LogP contribution in [0.15, 0.2) is 59.6 Å². The summed E-state index contributed by atoms with van der Waals surface area (Å²) < 4.78 is 2.35. The van der Waals surface area contributed by atoms with Crippen LogP contribution in [0.1, 0.15) is 15.2 Å². The molecule has 6 nitrogen and oxygen atoms in total. The number of rotatable bonds is 5. The highest BCUT2D eigenvalue weighted by Crippen LogP contribution is 2.29. The standard InChI is InChI=1S/C21H22N4O2S2/c1-15-3-2-4-17(13-15)16-5-7-18(8-6-16)29-25-11-9-24(10-12-25)21-22-14-19(28-21)20(26)23-27/h2-8,13-14,27H,9-12H2,1H3,(H,23,26). The molecule has 4 rings (SSSR count). The Morgan fingerprint density at radius 2 is 1.86 bits per heavy atom. The molecule has 29 heavy (non-hydrogen) atoms. The Labute approximate surface area is 178 Å². The second kappa shape index (κ2) is 8.96. The molecule has 1 saturated heterocycles. The molecular weight excluding hydrogens is 404 g/mol. The predicted molar refractivity (Wildman–Crippen MR) is 118 cm³/mol. The number of aromatic nitrogens is 1. The van der Waals surface area contributed by atoms with Gasteiger partial charge in [0.2, 0.25) is 0 Å². The molecule has 1 fully saturated rings. The number of aryl methyl sites for hydroxylation is 1. The Kier molecular flexibility index (Phi) is 6.15. The summed E-state index contributed by atoms with van der Waals surface area (Å²) in [6.45, 7) is 5.63. The first kappa shape index (κ1) is 19.9. The first-order chi connectivity index (χ1) is 14.1. The van der Waals surface area contributed by atoms with Gasteiger partial charge in [-0.25, -0.2) is 14.8 Å². The van der Waals surface area contributed by atoms with E-state index < -0.39 is 5.91 Å². The molecular formula is C21H22N4O2S2. The average molecular weight is 427 g/mol. The number of carbonyl (C=O) groups is 1. The smallest absolute Gasteiger partial charge is 0.286 e. The number of amides is 1. The lowest BCUT2D eigenvalue weighted by molar-refractivity contribution is 0.0710. The third kappa shape index (κ3) is 4.79. The summed E-state index contributed by atoms with van der Waals surface area (Å²) in [5, 5.41) is 9.55. The van der Waals surface area contributed by atoms with Gasteiger partial charge in [-0.05, 0) is 42.1 Å². The second-order valence-corrected chi connectivity index (χ2v) is 9.03. The van der Waals surface area contributed by atoms with Gasteiger partial charge >= 0.3 is 0 Å². The number of nitrogens with one attached hydrogen (secondary N) is 1. The summed E-state index contributed by atoms with van der Waals surface area (Å²) >= 11 is 3.07. The lowest BCUT2D eigenvalue weighted by Crippen LogP contribution is -2.43. The Bertz CT molecular complexity index is 982. The number of hydrogen-bond donors (Lipinski definition) is 2. The molecule has 0 aliphatic carbocycles. The maximum Gasteiger partial charge on any atom is 0.286 e. The van der Waals surface area contributed by atoms with Crippen molar-refractivity contribution in [2.45, 2.75) is 11.8 Å². The molecule has 0 radical (unpaired) electrons. The van der Waals surface area contributed by atoms with Crippen LogP contribution >= 0.6 is 23.3 Å². The van der Waals surface area contributed by atoms with Gasteiger partial charge in [-0.3, -0.25) is 10.0 Å². The molecule has 0 bridgehead atoms. The van der Waals surface area contributed by atoms with Crippen LogP contribution < -0.4 is 10.4 Å². The van der Waals surface area contributed by atoms with E-state index in [1.165, 1.54) is 39.1 Å². The Morgan fingerprint density at radius 3 is 2.55 bits per heavy atom. The molecule has 1 aliphatic heterocycles. The molecule has 1 aliphatic rings. The summed E-state index contributed by atoms with van der Waals surface area (Å²) in [4.78, 5) is 19.6. The van der Waals surface area contributed by atoms with Crippen molar-refractivity contribution in [2.75, 3.05) is 31.1 Å². The van der Waals surface area contributed by atoms with Crippen LogP contribution in [-0.2, 0) is 0 Å². The van der Waals surface area contributed by atoms with Gasteiger partial charge in [0, 0.05) is 31.1 Å². The minimum atomic E-state index is -0.517. The minimum Gasteiger partial charge on any atom is -0.345 e. The number of benzene rings is 2. The van der Waals surface area contributed by atoms with Crippen molar-refractivity contribution >= 4 is 34.3 Å². The molecule has 150 valence electrons. The molecule has 0 spiro atoms. The fourth-order valence-corrected chi connectivity index (χ4v) is 4.98. The number of nitrogens with zero attached hydrogens (tertiary/aromatic N) is 3. The molecule has 1 aromatic heterocycles. The Morgan fingerprint density at radius 1 is 1.10 bits per heavy atom. The summed E-state index contributed by atoms with van der Waals surface area (Å²) in [6, 6.07) is 17.3. The molecule has 2 N–H and O–H groups in total. The number of piperazine rings is 1. The largest absolute Gasteiger partial charge is 0.345 e. The van der Waals surface area contributed by atoms with Crippen molar-refractivity contribution in [3.05, 3.63) is 65.2 Å². The summed E-state index contributed by atoms with van der Waals surface area (Å²) in [6.07, 6.45) is 1.50. The van der Waals surface area contributed by atoms with Crippen molar-refractivity contribution in [1.82, 2.24) is 14.8 Å². The molecule has 0 atom stereocenters. The van der Waals surface area contributed by atoms with E-state index in [-0.39, 0.29) is 0 Å². The molecule has 2 aromatic carbocycles. The zero-order valence-electron chi connectivity index (χ0n) is 16.0. The SMILES string of the molecule is Cc1cccc(-c2ccc(SN3CCN(c4ncc(C(=O)NO)s4)CC3)cc2)c1. The van der Waals surface area contributed by atoms with Crippen molar-refractivity contribution < 1.29 is 10.0 Å². The number of anilines is 1. The summed E-state index contributed by atoms with van der Waals surface area (Å²) in [7, 11) is 0. The zero-order chi connectivity index (χ0) is 20.2. The zero-order valence-corrected chi connectivity index (χ0v) is 17.7. The maximum atomic E-state index is 11.5. The van der Waals surface area contributed by atoms with E-state index in [9.17, 15) is 4.79 Å². The van der Waals surface area contributed by atoms with Crippen molar-refractivity contribution in [3.8, 4) is 11.1 Å². The summed E-state index contributed by atoms with van der Waals surface area (Å²) in [5.74, 6) is -0.517. The highest BCUT2D eigenvalue weighted by Gasteiger charge is 2.21. The molecule has 2 heterocycles. The third-order valence-corrected chi connectivity index (χ3v) is 6.93. The van der Waals surface area contributed by atoms with Gasteiger partial charge in [0.15, 0.2) is 5.13 Å². The van der Waals surface area contributed by atoms with E-state index in [2.05, 4.69) is 69.6 Å². The molecule has 1 amide bonds. The van der Waals surface area contributed by atoms with Gasteiger partial charge in [0.1, 0.15) is 4.88 Å². The van der Waals surface area contributed by atoms with Crippen LogP contribution in [0.3, 0.4) is 0 Å². The second-order valence-electron chi connectivity index (χ2n) is 6.85. The van der Waals surface area contributed by atoms with Gasteiger partial charge in [-0.15, -0.1) is 0 Å². The van der Waals surface area contributed by atoms with E-state index in [1.54, 1.807) is 17.4 Å². The quantitative estimate of drug-likeness (QED) is 0.364. The molecule has 0 saturated carbocycles. The average Bonchev–Trinajstić information content (AvgIpc) is 3.24. The van der Waals surface area contributed by atoms with Gasteiger partial charge in [-0.2, -0.15) is 0 Å². The predicted octanol–water partition coefficient (Wildman–Crippen LogP) is 4.07. The number of hydrogen-bond acceptors (Lipinski definition) is 7. The summed E-state index contributed by atoms with van der Waals surface area (Å²) in [5.41, 5.74) is 5.39. The number of thiazole rings is 1. The van der Waals surface area contributed by atoms with E-state index in [0.29, 0.717) is 4.88 Å². The van der Waals surface area contributed by atoms with E-state index >= 15 is 0 Å². The number of carbonyl (C=O) groups excluding carboxylic acids is 1.